The van der Waals surface area contributed by atoms with Crippen molar-refractivity contribution in [2.75, 3.05) is 4.90 Å². The summed E-state index contributed by atoms with van der Waals surface area (Å²) in [7, 11) is 0. The molecule has 2 aromatic carbocycles. The van der Waals surface area contributed by atoms with E-state index in [9.17, 15) is 9.59 Å². The third-order valence-corrected chi connectivity index (χ3v) is 4.20. The number of primary amides is 1. The van der Waals surface area contributed by atoms with Gasteiger partial charge in [-0.3, -0.25) is 4.79 Å². The van der Waals surface area contributed by atoms with E-state index < -0.39 is 12.1 Å². The molecular weight excluding hydrogens is 290 g/mol. The maximum Gasteiger partial charge on any atom is 0.312 e. The predicted molar refractivity (Wildman–Crippen MR) is 89.0 cm³/mol. The van der Waals surface area contributed by atoms with Crippen molar-refractivity contribution in [2.24, 2.45) is 5.73 Å². The SMILES string of the molecule is C[C@H](c1ccccc1)N1C(=O)[C@H](NC(N)=O)Cc2ccccc21. The van der Waals surface area contributed by atoms with E-state index in [1.165, 1.54) is 0 Å². The van der Waals surface area contributed by atoms with Crippen LogP contribution in [0.15, 0.2) is 54.6 Å². The van der Waals surface area contributed by atoms with E-state index >= 15 is 0 Å². The molecule has 0 bridgehead atoms. The molecule has 0 spiro atoms. The maximum atomic E-state index is 12.9. The van der Waals surface area contributed by atoms with E-state index in [0.717, 1.165) is 16.8 Å². The quantitative estimate of drug-likeness (QED) is 0.913. The average Bonchev–Trinajstić information content (AvgIpc) is 2.55. The number of hydrogen-bond acceptors (Lipinski definition) is 2. The number of rotatable bonds is 3. The number of nitrogens with zero attached hydrogens (tertiary/aromatic N) is 1. The van der Waals surface area contributed by atoms with Crippen molar-refractivity contribution in [3.05, 3.63) is 65.7 Å². The summed E-state index contributed by atoms with van der Waals surface area (Å²) in [4.78, 5) is 25.9. The predicted octanol–water partition coefficient (Wildman–Crippen LogP) is 2.37. The second-order valence-electron chi connectivity index (χ2n) is 5.69. The molecular formula is C18H19N3O2. The van der Waals surface area contributed by atoms with Gasteiger partial charge in [-0.2, -0.15) is 0 Å². The lowest BCUT2D eigenvalue weighted by atomic mass is 9.94. The molecule has 0 fully saturated rings. The van der Waals surface area contributed by atoms with Gasteiger partial charge in [-0.05, 0) is 24.1 Å². The first kappa shape index (κ1) is 15.1. The zero-order valence-corrected chi connectivity index (χ0v) is 12.9. The molecule has 2 atom stereocenters. The van der Waals surface area contributed by atoms with Gasteiger partial charge in [-0.25, -0.2) is 4.79 Å². The first-order valence-electron chi connectivity index (χ1n) is 7.60. The molecule has 0 radical (unpaired) electrons. The molecule has 1 aliphatic rings. The molecule has 0 saturated heterocycles. The number of hydrogen-bond donors (Lipinski definition) is 2. The summed E-state index contributed by atoms with van der Waals surface area (Å²) in [6.45, 7) is 1.98. The van der Waals surface area contributed by atoms with Gasteiger partial charge >= 0.3 is 6.03 Å². The Balaban J connectivity index is 2.02. The first-order valence-corrected chi connectivity index (χ1v) is 7.60. The Morgan fingerprint density at radius 3 is 2.52 bits per heavy atom. The summed E-state index contributed by atoms with van der Waals surface area (Å²) in [6, 6.07) is 16.1. The largest absolute Gasteiger partial charge is 0.352 e. The third-order valence-electron chi connectivity index (χ3n) is 4.20. The third kappa shape index (κ3) is 2.90. The van der Waals surface area contributed by atoms with Gasteiger partial charge in [0.05, 0.1) is 6.04 Å². The molecule has 118 valence electrons. The Hall–Kier alpha value is -2.82. The maximum absolute atomic E-state index is 12.9. The molecule has 2 aromatic rings. The van der Waals surface area contributed by atoms with Crippen LogP contribution in [0.4, 0.5) is 10.5 Å². The fourth-order valence-corrected chi connectivity index (χ4v) is 3.08. The Bertz CT molecular complexity index is 730. The van der Waals surface area contributed by atoms with Gasteiger partial charge in [-0.1, -0.05) is 48.5 Å². The number of anilines is 1. The smallest absolute Gasteiger partial charge is 0.312 e. The number of para-hydroxylation sites is 1. The van der Waals surface area contributed by atoms with Gasteiger partial charge in [0.2, 0.25) is 0 Å². The fraction of sp³-hybridized carbons (Fsp3) is 0.222. The van der Waals surface area contributed by atoms with Gasteiger partial charge in [0.15, 0.2) is 0 Å². The Morgan fingerprint density at radius 1 is 1.17 bits per heavy atom. The van der Waals surface area contributed by atoms with Crippen molar-refractivity contribution in [3.63, 3.8) is 0 Å². The highest BCUT2D eigenvalue weighted by Crippen LogP contribution is 2.34. The van der Waals surface area contributed by atoms with Crippen molar-refractivity contribution < 1.29 is 9.59 Å². The molecule has 0 unspecified atom stereocenters. The minimum Gasteiger partial charge on any atom is -0.352 e. The summed E-state index contributed by atoms with van der Waals surface area (Å²) in [5.74, 6) is -0.140. The lowest BCUT2D eigenvalue weighted by molar-refractivity contribution is -0.121. The van der Waals surface area contributed by atoms with Crippen LogP contribution in [0, 0.1) is 0 Å². The van der Waals surface area contributed by atoms with E-state index in [0.29, 0.717) is 6.42 Å². The number of nitrogens with one attached hydrogen (secondary N) is 1. The molecule has 23 heavy (non-hydrogen) atoms. The van der Waals surface area contributed by atoms with E-state index in [2.05, 4.69) is 5.32 Å². The highest BCUT2D eigenvalue weighted by molar-refractivity contribution is 6.02. The zero-order chi connectivity index (χ0) is 16.4. The second kappa shape index (κ2) is 6.12. The molecule has 0 aliphatic carbocycles. The average molecular weight is 309 g/mol. The first-order chi connectivity index (χ1) is 11.1. The molecule has 1 heterocycles. The molecule has 3 N–H and O–H groups in total. The number of amides is 3. The lowest BCUT2D eigenvalue weighted by Gasteiger charge is -2.38. The van der Waals surface area contributed by atoms with Crippen LogP contribution in [0.5, 0.6) is 0 Å². The molecule has 1 aliphatic heterocycles. The molecule has 0 saturated carbocycles. The van der Waals surface area contributed by atoms with Gasteiger partial charge in [0.1, 0.15) is 6.04 Å². The van der Waals surface area contributed by atoms with Crippen LogP contribution < -0.4 is 16.0 Å². The normalized spacial score (nSPS) is 18.2. The highest BCUT2D eigenvalue weighted by Gasteiger charge is 2.36. The Labute approximate surface area is 135 Å². The van der Waals surface area contributed by atoms with Crippen molar-refractivity contribution >= 4 is 17.6 Å². The van der Waals surface area contributed by atoms with Gasteiger partial charge < -0.3 is 16.0 Å². The summed E-state index contributed by atoms with van der Waals surface area (Å²) in [5, 5.41) is 2.56. The lowest BCUT2D eigenvalue weighted by Crippen LogP contribution is -2.54. The molecule has 3 rings (SSSR count). The van der Waals surface area contributed by atoms with Crippen LogP contribution in [-0.2, 0) is 11.2 Å². The number of benzene rings is 2. The summed E-state index contributed by atoms with van der Waals surface area (Å²) in [5.41, 5.74) is 8.16. The number of carbonyl (C=O) groups is 2. The Morgan fingerprint density at radius 2 is 1.83 bits per heavy atom. The molecule has 3 amide bonds. The second-order valence-corrected chi connectivity index (χ2v) is 5.69. The molecule has 5 heteroatoms. The topological polar surface area (TPSA) is 75.4 Å². The summed E-state index contributed by atoms with van der Waals surface area (Å²) in [6.07, 6.45) is 0.454. The van der Waals surface area contributed by atoms with Crippen molar-refractivity contribution in [3.8, 4) is 0 Å². The van der Waals surface area contributed by atoms with Crippen LogP contribution in [0.1, 0.15) is 24.1 Å². The minimum atomic E-state index is -0.685. The van der Waals surface area contributed by atoms with E-state index in [1.807, 2.05) is 61.5 Å². The van der Waals surface area contributed by atoms with Crippen LogP contribution in [0.25, 0.3) is 0 Å². The van der Waals surface area contributed by atoms with E-state index in [1.54, 1.807) is 4.90 Å². The number of urea groups is 1. The van der Waals surface area contributed by atoms with Gasteiger partial charge in [0.25, 0.3) is 5.91 Å². The minimum absolute atomic E-state index is 0.137. The van der Waals surface area contributed by atoms with Crippen LogP contribution in [-0.4, -0.2) is 18.0 Å². The summed E-state index contributed by atoms with van der Waals surface area (Å²) >= 11 is 0. The van der Waals surface area contributed by atoms with Gasteiger partial charge in [-0.15, -0.1) is 0 Å². The monoisotopic (exact) mass is 309 g/mol. The number of fused-ring (bicyclic) bond motifs is 1. The van der Waals surface area contributed by atoms with Crippen molar-refractivity contribution in [1.82, 2.24) is 5.32 Å². The number of carbonyl (C=O) groups excluding carboxylic acids is 2. The zero-order valence-electron chi connectivity index (χ0n) is 12.9. The van der Waals surface area contributed by atoms with Crippen LogP contribution in [0.3, 0.4) is 0 Å². The Kier molecular flexibility index (Phi) is 4.02. The molecule has 0 aromatic heterocycles. The van der Waals surface area contributed by atoms with Gasteiger partial charge in [0, 0.05) is 12.1 Å². The standard InChI is InChI=1S/C18H19N3O2/c1-12(13-7-3-2-4-8-13)21-16-10-6-5-9-14(16)11-15(17(21)22)20-18(19)23/h2-10,12,15H,11H2,1H3,(H3,19,20,23)/t12-,15-/m1/s1. The van der Waals surface area contributed by atoms with Crippen LogP contribution >= 0.6 is 0 Å². The number of nitrogens with two attached hydrogens (primary N) is 1. The molecule has 5 nitrogen and oxygen atoms in total. The van der Waals surface area contributed by atoms with E-state index in [-0.39, 0.29) is 11.9 Å². The van der Waals surface area contributed by atoms with Crippen molar-refractivity contribution in [1.29, 1.82) is 0 Å². The summed E-state index contributed by atoms with van der Waals surface area (Å²) < 4.78 is 0. The van der Waals surface area contributed by atoms with Crippen LogP contribution in [0.2, 0.25) is 0 Å². The van der Waals surface area contributed by atoms with Crippen molar-refractivity contribution in [2.45, 2.75) is 25.4 Å². The highest BCUT2D eigenvalue weighted by atomic mass is 16.2. The van der Waals surface area contributed by atoms with E-state index in [4.69, 9.17) is 5.73 Å². The fourth-order valence-electron chi connectivity index (χ4n) is 3.08.